The lowest BCUT2D eigenvalue weighted by atomic mass is 10.0. The Hall–Kier alpha value is -2.18. The van der Waals surface area contributed by atoms with Crippen molar-refractivity contribution in [1.29, 1.82) is 0 Å². The van der Waals surface area contributed by atoms with Gasteiger partial charge in [0.05, 0.1) is 25.4 Å². The number of hydrogen-bond acceptors (Lipinski definition) is 5. The molecule has 0 fully saturated rings. The monoisotopic (exact) mass is 982 g/mol. The molecule has 1 amide bonds. The van der Waals surface area contributed by atoms with Crippen LogP contribution >= 0.6 is 0 Å². The molecular weight excluding hydrogens is 863 g/mol. The van der Waals surface area contributed by atoms with Crippen LogP contribution in [-0.4, -0.2) is 47.4 Å². The highest BCUT2D eigenvalue weighted by molar-refractivity contribution is 5.76. The molecule has 0 aromatic carbocycles. The standard InChI is InChI=1S/C64H119NO5/c1-3-5-7-9-11-13-15-17-18-19-20-21-22-23-24-26-29-33-36-40-44-48-52-56-62(67)61(60-66)65-63(68)57-53-49-45-41-37-34-30-27-25-28-31-35-39-43-47-51-55-59-70-64(69)58-54-50-46-42-38-32-16-14-12-10-8-6-4-2/h8,10,14,16,25,28,35,39,61-62,66-67H,3-7,9,11-13,15,17-24,26-27,29-34,36-38,40-60H2,1-2H3,(H,65,68)/b10-8-,16-14-,28-25-,39-35-. The molecule has 70 heavy (non-hydrogen) atoms. The highest BCUT2D eigenvalue weighted by atomic mass is 16.5. The Labute approximate surface area is 436 Å². The van der Waals surface area contributed by atoms with E-state index in [2.05, 4.69) is 67.8 Å². The summed E-state index contributed by atoms with van der Waals surface area (Å²) in [5.41, 5.74) is 0. The lowest BCUT2D eigenvalue weighted by Crippen LogP contribution is -2.45. The summed E-state index contributed by atoms with van der Waals surface area (Å²) in [6.45, 7) is 4.85. The number of aliphatic hydroxyl groups excluding tert-OH is 2. The first-order chi connectivity index (χ1) is 34.5. The van der Waals surface area contributed by atoms with Gasteiger partial charge in [-0.2, -0.15) is 0 Å². The number of hydrogen-bond donors (Lipinski definition) is 3. The Kier molecular flexibility index (Phi) is 57.5. The Morgan fingerprint density at radius 1 is 0.400 bits per heavy atom. The molecule has 0 aromatic heterocycles. The van der Waals surface area contributed by atoms with Crippen molar-refractivity contribution in [1.82, 2.24) is 5.32 Å². The fraction of sp³-hybridized carbons (Fsp3) is 0.844. The molecule has 0 radical (unpaired) electrons. The molecule has 6 nitrogen and oxygen atoms in total. The van der Waals surface area contributed by atoms with Gasteiger partial charge in [0.15, 0.2) is 0 Å². The lowest BCUT2D eigenvalue weighted by Gasteiger charge is -2.22. The van der Waals surface area contributed by atoms with Crippen molar-refractivity contribution in [3.05, 3.63) is 48.6 Å². The predicted octanol–water partition coefficient (Wildman–Crippen LogP) is 19.4. The van der Waals surface area contributed by atoms with Crippen LogP contribution in [0.25, 0.3) is 0 Å². The van der Waals surface area contributed by atoms with Crippen LogP contribution in [-0.2, 0) is 14.3 Å². The number of ether oxygens (including phenoxy) is 1. The number of carbonyl (C=O) groups is 2. The highest BCUT2D eigenvalue weighted by Crippen LogP contribution is 2.17. The van der Waals surface area contributed by atoms with E-state index in [0.717, 1.165) is 96.3 Å². The average Bonchev–Trinajstić information content (AvgIpc) is 3.36. The van der Waals surface area contributed by atoms with Gasteiger partial charge in [-0.15, -0.1) is 0 Å². The maximum atomic E-state index is 12.5. The maximum Gasteiger partial charge on any atom is 0.305 e. The molecule has 0 aliphatic heterocycles. The molecule has 0 rings (SSSR count). The molecule has 3 N–H and O–H groups in total. The average molecular weight is 983 g/mol. The summed E-state index contributed by atoms with van der Waals surface area (Å²) in [6.07, 6.45) is 75.5. The number of esters is 1. The molecular formula is C64H119NO5. The Morgan fingerprint density at radius 3 is 1.14 bits per heavy atom. The fourth-order valence-electron chi connectivity index (χ4n) is 9.36. The van der Waals surface area contributed by atoms with E-state index in [4.69, 9.17) is 4.74 Å². The first-order valence-corrected chi connectivity index (χ1v) is 30.9. The lowest BCUT2D eigenvalue weighted by molar-refractivity contribution is -0.143. The fourth-order valence-corrected chi connectivity index (χ4v) is 9.36. The van der Waals surface area contributed by atoms with Gasteiger partial charge >= 0.3 is 5.97 Å². The van der Waals surface area contributed by atoms with E-state index in [-0.39, 0.29) is 18.5 Å². The van der Waals surface area contributed by atoms with Crippen LogP contribution in [0.5, 0.6) is 0 Å². The van der Waals surface area contributed by atoms with Crippen molar-refractivity contribution in [3.8, 4) is 0 Å². The molecule has 0 saturated carbocycles. The van der Waals surface area contributed by atoms with Crippen LogP contribution < -0.4 is 5.32 Å². The van der Waals surface area contributed by atoms with E-state index < -0.39 is 12.1 Å². The van der Waals surface area contributed by atoms with Gasteiger partial charge < -0.3 is 20.3 Å². The van der Waals surface area contributed by atoms with Crippen molar-refractivity contribution in [2.45, 2.75) is 334 Å². The zero-order valence-corrected chi connectivity index (χ0v) is 46.7. The zero-order valence-electron chi connectivity index (χ0n) is 46.7. The molecule has 0 aliphatic carbocycles. The van der Waals surface area contributed by atoms with E-state index in [1.54, 1.807) is 0 Å². The second-order valence-electron chi connectivity index (χ2n) is 21.0. The molecule has 0 aromatic rings. The van der Waals surface area contributed by atoms with Gasteiger partial charge in [0, 0.05) is 12.8 Å². The minimum atomic E-state index is -0.677. The Bertz CT molecular complexity index is 1180. The number of allylic oxidation sites excluding steroid dienone is 8. The molecule has 0 bridgehead atoms. The van der Waals surface area contributed by atoms with E-state index in [0.29, 0.717) is 25.9 Å². The zero-order chi connectivity index (χ0) is 50.7. The van der Waals surface area contributed by atoms with Gasteiger partial charge in [-0.25, -0.2) is 0 Å². The largest absolute Gasteiger partial charge is 0.466 e. The van der Waals surface area contributed by atoms with E-state index in [9.17, 15) is 19.8 Å². The third-order valence-electron chi connectivity index (χ3n) is 14.1. The molecule has 0 spiro atoms. The summed E-state index contributed by atoms with van der Waals surface area (Å²) < 4.78 is 5.44. The first-order valence-electron chi connectivity index (χ1n) is 30.9. The van der Waals surface area contributed by atoms with Crippen molar-refractivity contribution in [2.75, 3.05) is 13.2 Å². The normalized spacial score (nSPS) is 12.9. The van der Waals surface area contributed by atoms with Gasteiger partial charge in [-0.3, -0.25) is 9.59 Å². The van der Waals surface area contributed by atoms with Crippen molar-refractivity contribution >= 4 is 11.9 Å². The number of rotatable bonds is 57. The number of unbranched alkanes of at least 4 members (excludes halogenated alkanes) is 38. The van der Waals surface area contributed by atoms with Crippen LogP contribution in [0.15, 0.2) is 48.6 Å². The molecule has 0 heterocycles. The summed E-state index contributed by atoms with van der Waals surface area (Å²) in [5.74, 6) is -0.0801. The van der Waals surface area contributed by atoms with Crippen LogP contribution in [0, 0.1) is 0 Å². The third-order valence-corrected chi connectivity index (χ3v) is 14.1. The van der Waals surface area contributed by atoms with E-state index >= 15 is 0 Å². The number of nitrogens with one attached hydrogen (secondary N) is 1. The highest BCUT2D eigenvalue weighted by Gasteiger charge is 2.20. The second kappa shape index (κ2) is 59.4. The summed E-state index contributed by atoms with van der Waals surface area (Å²) in [5, 5.41) is 23.4. The van der Waals surface area contributed by atoms with E-state index in [1.165, 1.54) is 193 Å². The van der Waals surface area contributed by atoms with Crippen LogP contribution in [0.2, 0.25) is 0 Å². The van der Waals surface area contributed by atoms with Crippen molar-refractivity contribution in [3.63, 3.8) is 0 Å². The molecule has 6 heteroatoms. The predicted molar refractivity (Wildman–Crippen MR) is 306 cm³/mol. The third kappa shape index (κ3) is 55.1. The second-order valence-corrected chi connectivity index (χ2v) is 21.0. The molecule has 2 atom stereocenters. The quantitative estimate of drug-likeness (QED) is 0.0321. The Balaban J connectivity index is 3.50. The smallest absolute Gasteiger partial charge is 0.305 e. The SMILES string of the molecule is CCC/C=C\C/C=C\CCCCCCCC(=O)OCCCCC/C=C\C/C=C\CCCCCCCCCC(=O)NC(CO)C(O)CCCCCCCCCCCCCCCCCCCCCCCCC. The summed E-state index contributed by atoms with van der Waals surface area (Å²) in [6, 6.07) is -0.556. The number of aliphatic hydroxyl groups is 2. The van der Waals surface area contributed by atoms with Crippen LogP contribution in [0.3, 0.4) is 0 Å². The molecule has 0 saturated heterocycles. The van der Waals surface area contributed by atoms with Gasteiger partial charge in [0.2, 0.25) is 5.91 Å². The number of amides is 1. The van der Waals surface area contributed by atoms with Gasteiger partial charge in [0.25, 0.3) is 0 Å². The van der Waals surface area contributed by atoms with Crippen LogP contribution in [0.4, 0.5) is 0 Å². The first kappa shape index (κ1) is 67.8. The minimum Gasteiger partial charge on any atom is -0.466 e. The molecule has 410 valence electrons. The number of carbonyl (C=O) groups excluding carboxylic acids is 2. The summed E-state index contributed by atoms with van der Waals surface area (Å²) >= 11 is 0. The van der Waals surface area contributed by atoms with Crippen molar-refractivity contribution < 1.29 is 24.5 Å². The van der Waals surface area contributed by atoms with Crippen LogP contribution in [0.1, 0.15) is 322 Å². The van der Waals surface area contributed by atoms with E-state index in [1.807, 2.05) is 0 Å². The molecule has 2 unspecified atom stereocenters. The molecule has 0 aliphatic rings. The summed E-state index contributed by atoms with van der Waals surface area (Å²) in [7, 11) is 0. The van der Waals surface area contributed by atoms with Gasteiger partial charge in [0.1, 0.15) is 0 Å². The topological polar surface area (TPSA) is 95.9 Å². The van der Waals surface area contributed by atoms with Gasteiger partial charge in [-0.05, 0) is 89.9 Å². The Morgan fingerprint density at radius 2 is 0.743 bits per heavy atom. The maximum absolute atomic E-state index is 12.5. The summed E-state index contributed by atoms with van der Waals surface area (Å²) in [4.78, 5) is 24.5. The minimum absolute atomic E-state index is 0.0307. The van der Waals surface area contributed by atoms with Crippen molar-refractivity contribution in [2.24, 2.45) is 0 Å². The van der Waals surface area contributed by atoms with Gasteiger partial charge in [-0.1, -0.05) is 268 Å².